The van der Waals surface area contributed by atoms with Gasteiger partial charge in [-0.1, -0.05) is 25.0 Å². The average molecular weight is 277 g/mol. The van der Waals surface area contributed by atoms with Crippen LogP contribution in [-0.4, -0.2) is 36.2 Å². The second kappa shape index (κ2) is 7.29. The van der Waals surface area contributed by atoms with E-state index in [1.807, 2.05) is 24.3 Å². The molecule has 0 bridgehead atoms. The zero-order valence-corrected chi connectivity index (χ0v) is 12.0. The molecule has 1 aliphatic rings. The van der Waals surface area contributed by atoms with Gasteiger partial charge in [-0.3, -0.25) is 9.69 Å². The van der Waals surface area contributed by atoms with Crippen LogP contribution in [0.25, 0.3) is 0 Å². The number of carboxylic acids is 1. The monoisotopic (exact) mass is 277 g/mol. The second-order valence-electron chi connectivity index (χ2n) is 5.34. The summed E-state index contributed by atoms with van der Waals surface area (Å²) in [7, 11) is 1.64. The Kier molecular flexibility index (Phi) is 5.41. The van der Waals surface area contributed by atoms with Crippen LogP contribution in [0.3, 0.4) is 0 Å². The van der Waals surface area contributed by atoms with Gasteiger partial charge < -0.3 is 9.84 Å². The largest absolute Gasteiger partial charge is 0.497 e. The first-order valence-electron chi connectivity index (χ1n) is 7.30. The lowest BCUT2D eigenvalue weighted by molar-refractivity contribution is -0.138. The zero-order chi connectivity index (χ0) is 14.4. The van der Waals surface area contributed by atoms with Crippen molar-refractivity contribution in [2.24, 2.45) is 0 Å². The van der Waals surface area contributed by atoms with E-state index in [2.05, 4.69) is 4.90 Å². The third-order valence-corrected chi connectivity index (χ3v) is 3.95. The standard InChI is InChI=1S/C16H23NO3/c1-20-14-8-6-13(7-9-14)15(12-16(18)19)17-10-4-2-3-5-11-17/h6-9,15H,2-5,10-12H2,1H3,(H,18,19). The molecule has 0 spiro atoms. The highest BCUT2D eigenvalue weighted by Gasteiger charge is 2.23. The number of rotatable bonds is 5. The van der Waals surface area contributed by atoms with Gasteiger partial charge in [0.25, 0.3) is 0 Å². The normalized spacial score (nSPS) is 18.2. The molecule has 1 fully saturated rings. The van der Waals surface area contributed by atoms with Crippen LogP contribution in [-0.2, 0) is 4.79 Å². The number of carboxylic acid groups (broad SMARTS) is 1. The van der Waals surface area contributed by atoms with E-state index in [0.717, 1.165) is 37.2 Å². The first kappa shape index (κ1) is 14.9. The molecular weight excluding hydrogens is 254 g/mol. The summed E-state index contributed by atoms with van der Waals surface area (Å²) in [5, 5.41) is 9.20. The minimum Gasteiger partial charge on any atom is -0.497 e. The molecule has 4 nitrogen and oxygen atoms in total. The molecule has 1 unspecified atom stereocenters. The first-order chi connectivity index (χ1) is 9.70. The summed E-state index contributed by atoms with van der Waals surface area (Å²) in [6, 6.07) is 7.75. The SMILES string of the molecule is COc1ccc(C(CC(=O)O)N2CCCCCC2)cc1. The third-order valence-electron chi connectivity index (χ3n) is 3.95. The van der Waals surface area contributed by atoms with Crippen molar-refractivity contribution >= 4 is 5.97 Å². The molecule has 110 valence electrons. The highest BCUT2D eigenvalue weighted by molar-refractivity contribution is 5.68. The summed E-state index contributed by atoms with van der Waals surface area (Å²) in [5.74, 6) is 0.0637. The van der Waals surface area contributed by atoms with Crippen molar-refractivity contribution in [2.75, 3.05) is 20.2 Å². The maximum Gasteiger partial charge on any atom is 0.305 e. The van der Waals surface area contributed by atoms with Crippen molar-refractivity contribution in [3.63, 3.8) is 0 Å². The van der Waals surface area contributed by atoms with Gasteiger partial charge in [0.15, 0.2) is 0 Å². The van der Waals surface area contributed by atoms with Gasteiger partial charge in [0.2, 0.25) is 0 Å². The number of nitrogens with zero attached hydrogens (tertiary/aromatic N) is 1. The van der Waals surface area contributed by atoms with Crippen LogP contribution in [0.4, 0.5) is 0 Å². The third kappa shape index (κ3) is 3.97. The van der Waals surface area contributed by atoms with E-state index in [1.54, 1.807) is 7.11 Å². The number of methoxy groups -OCH3 is 1. The number of ether oxygens (including phenoxy) is 1. The van der Waals surface area contributed by atoms with Gasteiger partial charge in [-0.15, -0.1) is 0 Å². The predicted molar refractivity (Wildman–Crippen MR) is 78.0 cm³/mol. The van der Waals surface area contributed by atoms with Crippen LogP contribution in [0.1, 0.15) is 43.7 Å². The van der Waals surface area contributed by atoms with Crippen LogP contribution in [0, 0.1) is 0 Å². The Balaban J connectivity index is 2.18. The van der Waals surface area contributed by atoms with Crippen LogP contribution >= 0.6 is 0 Å². The Morgan fingerprint density at radius 3 is 2.30 bits per heavy atom. The molecule has 1 saturated heterocycles. The van der Waals surface area contributed by atoms with Gasteiger partial charge in [-0.05, 0) is 43.6 Å². The van der Waals surface area contributed by atoms with Crippen molar-refractivity contribution in [3.05, 3.63) is 29.8 Å². The topological polar surface area (TPSA) is 49.8 Å². The number of hydrogen-bond acceptors (Lipinski definition) is 3. The number of carbonyl (C=O) groups is 1. The van der Waals surface area contributed by atoms with E-state index >= 15 is 0 Å². The minimum atomic E-state index is -0.741. The molecule has 1 aromatic carbocycles. The zero-order valence-electron chi connectivity index (χ0n) is 12.0. The molecule has 0 aliphatic carbocycles. The summed E-state index contributed by atoms with van der Waals surface area (Å²) in [6.07, 6.45) is 4.97. The molecule has 1 atom stereocenters. The van der Waals surface area contributed by atoms with Gasteiger partial charge >= 0.3 is 5.97 Å². The molecule has 20 heavy (non-hydrogen) atoms. The van der Waals surface area contributed by atoms with Crippen molar-refractivity contribution < 1.29 is 14.6 Å². The molecular formula is C16H23NO3. The molecule has 0 radical (unpaired) electrons. The van der Waals surface area contributed by atoms with E-state index in [9.17, 15) is 9.90 Å². The van der Waals surface area contributed by atoms with Crippen LogP contribution in [0.15, 0.2) is 24.3 Å². The van der Waals surface area contributed by atoms with E-state index in [0.29, 0.717) is 0 Å². The van der Waals surface area contributed by atoms with Gasteiger partial charge in [0, 0.05) is 6.04 Å². The molecule has 4 heteroatoms. The Hall–Kier alpha value is -1.55. The Morgan fingerprint density at radius 2 is 1.80 bits per heavy atom. The number of aliphatic carboxylic acids is 1. The molecule has 0 aromatic heterocycles. The molecule has 1 aliphatic heterocycles. The minimum absolute atomic E-state index is 0.0310. The van der Waals surface area contributed by atoms with E-state index in [4.69, 9.17) is 4.74 Å². The van der Waals surface area contributed by atoms with Crippen LogP contribution in [0.5, 0.6) is 5.75 Å². The van der Waals surface area contributed by atoms with E-state index in [1.165, 1.54) is 12.8 Å². The highest BCUT2D eigenvalue weighted by atomic mass is 16.5. The van der Waals surface area contributed by atoms with Gasteiger partial charge in [0.1, 0.15) is 5.75 Å². The summed E-state index contributed by atoms with van der Waals surface area (Å²) >= 11 is 0. The van der Waals surface area contributed by atoms with Gasteiger partial charge in [-0.25, -0.2) is 0 Å². The van der Waals surface area contributed by atoms with Gasteiger partial charge in [-0.2, -0.15) is 0 Å². The highest BCUT2D eigenvalue weighted by Crippen LogP contribution is 2.28. The molecule has 0 amide bonds. The van der Waals surface area contributed by atoms with Crippen molar-refractivity contribution in [3.8, 4) is 5.75 Å². The van der Waals surface area contributed by atoms with Crippen LogP contribution < -0.4 is 4.74 Å². The van der Waals surface area contributed by atoms with Crippen molar-refractivity contribution in [2.45, 2.75) is 38.1 Å². The molecule has 0 saturated carbocycles. The van der Waals surface area contributed by atoms with Crippen LogP contribution in [0.2, 0.25) is 0 Å². The lowest BCUT2D eigenvalue weighted by Crippen LogP contribution is -2.31. The summed E-state index contributed by atoms with van der Waals surface area (Å²) < 4.78 is 5.17. The van der Waals surface area contributed by atoms with E-state index < -0.39 is 5.97 Å². The molecule has 1 N–H and O–H groups in total. The number of hydrogen-bond donors (Lipinski definition) is 1. The fourth-order valence-corrected chi connectivity index (χ4v) is 2.86. The smallest absolute Gasteiger partial charge is 0.305 e. The van der Waals surface area contributed by atoms with E-state index in [-0.39, 0.29) is 12.5 Å². The Morgan fingerprint density at radius 1 is 1.20 bits per heavy atom. The van der Waals surface area contributed by atoms with Gasteiger partial charge in [0.05, 0.1) is 13.5 Å². The Bertz CT molecular complexity index is 422. The molecule has 2 rings (SSSR count). The Labute approximate surface area is 120 Å². The summed E-state index contributed by atoms with van der Waals surface area (Å²) in [6.45, 7) is 1.98. The fourth-order valence-electron chi connectivity index (χ4n) is 2.86. The quantitative estimate of drug-likeness (QED) is 0.898. The lowest BCUT2D eigenvalue weighted by Gasteiger charge is -2.30. The van der Waals surface area contributed by atoms with Crippen molar-refractivity contribution in [1.29, 1.82) is 0 Å². The maximum absolute atomic E-state index is 11.2. The summed E-state index contributed by atoms with van der Waals surface area (Å²) in [4.78, 5) is 13.5. The molecule has 1 aromatic rings. The first-order valence-corrected chi connectivity index (χ1v) is 7.30. The average Bonchev–Trinajstić information content (AvgIpc) is 2.74. The lowest BCUT2D eigenvalue weighted by atomic mass is 10.0. The number of likely N-dealkylation sites (tertiary alicyclic amines) is 1. The van der Waals surface area contributed by atoms with Crippen molar-refractivity contribution in [1.82, 2.24) is 4.90 Å². The number of benzene rings is 1. The fraction of sp³-hybridized carbons (Fsp3) is 0.562. The summed E-state index contributed by atoms with van der Waals surface area (Å²) in [5.41, 5.74) is 1.06. The second-order valence-corrected chi connectivity index (χ2v) is 5.34. The molecule has 1 heterocycles. The predicted octanol–water partition coefficient (Wildman–Crippen LogP) is 3.09. The maximum atomic E-state index is 11.2.